The molecule has 0 aliphatic carbocycles. The van der Waals surface area contributed by atoms with E-state index in [0.29, 0.717) is 16.5 Å². The van der Waals surface area contributed by atoms with Gasteiger partial charge in [-0.1, -0.05) is 24.3 Å². The van der Waals surface area contributed by atoms with Crippen LogP contribution in [0.4, 0.5) is 13.2 Å². The SMILES string of the molecule is CN(Cc1ccc(C(F)(F)F)cc1)C(=O)CCn1ncc(=O)c2ccccc21. The number of amides is 1. The zero-order chi connectivity index (χ0) is 20.3. The van der Waals surface area contributed by atoms with Crippen molar-refractivity contribution < 1.29 is 18.0 Å². The highest BCUT2D eigenvalue weighted by molar-refractivity contribution is 5.79. The number of aryl methyl sites for hydroxylation is 1. The third-order valence-corrected chi connectivity index (χ3v) is 4.43. The lowest BCUT2D eigenvalue weighted by Crippen LogP contribution is -2.27. The molecule has 0 spiro atoms. The molecule has 1 aromatic heterocycles. The molecule has 2 aromatic carbocycles. The summed E-state index contributed by atoms with van der Waals surface area (Å²) in [6, 6.07) is 11.8. The van der Waals surface area contributed by atoms with Crippen molar-refractivity contribution in [2.45, 2.75) is 25.7 Å². The first kappa shape index (κ1) is 19.6. The molecule has 0 radical (unpaired) electrons. The summed E-state index contributed by atoms with van der Waals surface area (Å²) < 4.78 is 39.4. The lowest BCUT2D eigenvalue weighted by atomic mass is 10.1. The predicted octanol–water partition coefficient (Wildman–Crippen LogP) is 3.46. The van der Waals surface area contributed by atoms with E-state index < -0.39 is 11.7 Å². The van der Waals surface area contributed by atoms with Gasteiger partial charge in [-0.2, -0.15) is 18.3 Å². The normalized spacial score (nSPS) is 11.6. The number of fused-ring (bicyclic) bond motifs is 1. The molecule has 0 aliphatic heterocycles. The smallest absolute Gasteiger partial charge is 0.341 e. The first-order chi connectivity index (χ1) is 13.3. The van der Waals surface area contributed by atoms with Gasteiger partial charge in [0.1, 0.15) is 0 Å². The average Bonchev–Trinajstić information content (AvgIpc) is 2.67. The van der Waals surface area contributed by atoms with Crippen LogP contribution >= 0.6 is 0 Å². The minimum absolute atomic E-state index is 0.150. The van der Waals surface area contributed by atoms with E-state index in [-0.39, 0.29) is 30.8 Å². The van der Waals surface area contributed by atoms with Gasteiger partial charge in [-0.15, -0.1) is 0 Å². The zero-order valence-corrected chi connectivity index (χ0v) is 15.1. The van der Waals surface area contributed by atoms with Crippen LogP contribution in [0.2, 0.25) is 0 Å². The summed E-state index contributed by atoms with van der Waals surface area (Å²) in [5, 5.41) is 4.61. The van der Waals surface area contributed by atoms with Gasteiger partial charge in [-0.25, -0.2) is 0 Å². The number of alkyl halides is 3. The van der Waals surface area contributed by atoms with E-state index in [2.05, 4.69) is 5.10 Å². The Bertz CT molecular complexity index is 1040. The first-order valence-electron chi connectivity index (χ1n) is 8.60. The van der Waals surface area contributed by atoms with Crippen molar-refractivity contribution in [3.8, 4) is 0 Å². The van der Waals surface area contributed by atoms with Gasteiger partial charge in [0, 0.05) is 25.4 Å². The number of hydrogen-bond acceptors (Lipinski definition) is 3. The summed E-state index contributed by atoms with van der Waals surface area (Å²) in [6.45, 7) is 0.492. The molecule has 0 bridgehead atoms. The Balaban J connectivity index is 1.64. The van der Waals surface area contributed by atoms with Crippen molar-refractivity contribution in [1.82, 2.24) is 14.7 Å². The van der Waals surface area contributed by atoms with Crippen LogP contribution in [0.1, 0.15) is 17.5 Å². The molecule has 0 fully saturated rings. The maximum atomic E-state index is 12.6. The minimum Gasteiger partial charge on any atom is -0.341 e. The van der Waals surface area contributed by atoms with Crippen molar-refractivity contribution in [1.29, 1.82) is 0 Å². The van der Waals surface area contributed by atoms with Gasteiger partial charge in [0.05, 0.1) is 23.8 Å². The number of nitrogens with zero attached hydrogens (tertiary/aromatic N) is 3. The molecule has 0 saturated carbocycles. The summed E-state index contributed by atoms with van der Waals surface area (Å²) in [5.74, 6) is -0.176. The van der Waals surface area contributed by atoms with E-state index in [1.165, 1.54) is 23.2 Å². The molecule has 3 aromatic rings. The number of hydrogen-bond donors (Lipinski definition) is 0. The Morgan fingerprint density at radius 1 is 1.11 bits per heavy atom. The Morgan fingerprint density at radius 3 is 2.46 bits per heavy atom. The van der Waals surface area contributed by atoms with Gasteiger partial charge in [-0.05, 0) is 29.8 Å². The highest BCUT2D eigenvalue weighted by atomic mass is 19.4. The fraction of sp³-hybridized carbons (Fsp3) is 0.250. The maximum absolute atomic E-state index is 12.6. The molecule has 0 unspecified atom stereocenters. The number of para-hydroxylation sites is 1. The largest absolute Gasteiger partial charge is 0.416 e. The molecule has 0 saturated heterocycles. The van der Waals surface area contributed by atoms with E-state index in [1.54, 1.807) is 36.0 Å². The minimum atomic E-state index is -4.38. The number of benzene rings is 2. The molecule has 0 atom stereocenters. The fourth-order valence-corrected chi connectivity index (χ4v) is 2.89. The Morgan fingerprint density at radius 2 is 1.79 bits per heavy atom. The topological polar surface area (TPSA) is 55.2 Å². The molecule has 8 heteroatoms. The molecule has 5 nitrogen and oxygen atoms in total. The lowest BCUT2D eigenvalue weighted by Gasteiger charge is -2.18. The number of aromatic nitrogens is 2. The van der Waals surface area contributed by atoms with Gasteiger partial charge in [0.2, 0.25) is 11.3 Å². The number of carbonyl (C=O) groups is 1. The summed E-state index contributed by atoms with van der Waals surface area (Å²) in [6.07, 6.45) is -3.01. The van der Waals surface area contributed by atoms with Crippen molar-refractivity contribution in [2.75, 3.05) is 7.05 Å². The van der Waals surface area contributed by atoms with Crippen LogP contribution in [0.3, 0.4) is 0 Å². The predicted molar refractivity (Wildman–Crippen MR) is 98.5 cm³/mol. The van der Waals surface area contributed by atoms with Crippen LogP contribution in [0.25, 0.3) is 10.9 Å². The van der Waals surface area contributed by atoms with E-state index in [0.717, 1.165) is 12.1 Å². The van der Waals surface area contributed by atoms with Gasteiger partial charge in [0.25, 0.3) is 0 Å². The second kappa shape index (κ2) is 7.84. The Hall–Kier alpha value is -3.16. The molecular formula is C20H18F3N3O2. The van der Waals surface area contributed by atoms with E-state index in [9.17, 15) is 22.8 Å². The summed E-state index contributed by atoms with van der Waals surface area (Å²) >= 11 is 0. The second-order valence-electron chi connectivity index (χ2n) is 6.44. The first-order valence-corrected chi connectivity index (χ1v) is 8.60. The third-order valence-electron chi connectivity index (χ3n) is 4.43. The highest BCUT2D eigenvalue weighted by Crippen LogP contribution is 2.29. The average molecular weight is 389 g/mol. The fourth-order valence-electron chi connectivity index (χ4n) is 2.89. The van der Waals surface area contributed by atoms with Crippen molar-refractivity contribution >= 4 is 16.8 Å². The second-order valence-corrected chi connectivity index (χ2v) is 6.44. The molecule has 3 rings (SSSR count). The number of halogens is 3. The molecule has 1 amide bonds. The molecule has 146 valence electrons. The van der Waals surface area contributed by atoms with Crippen LogP contribution in [0.15, 0.2) is 59.5 Å². The molecule has 1 heterocycles. The van der Waals surface area contributed by atoms with E-state index >= 15 is 0 Å². The van der Waals surface area contributed by atoms with Gasteiger partial charge >= 0.3 is 6.18 Å². The molecule has 0 aliphatic rings. The Labute approximate surface area is 159 Å². The van der Waals surface area contributed by atoms with Crippen LogP contribution in [0.5, 0.6) is 0 Å². The van der Waals surface area contributed by atoms with Gasteiger partial charge in [0.15, 0.2) is 0 Å². The lowest BCUT2D eigenvalue weighted by molar-refractivity contribution is -0.137. The number of rotatable bonds is 5. The van der Waals surface area contributed by atoms with Crippen LogP contribution in [0, 0.1) is 0 Å². The van der Waals surface area contributed by atoms with Crippen molar-refractivity contribution in [3.05, 3.63) is 76.1 Å². The molecular weight excluding hydrogens is 371 g/mol. The highest BCUT2D eigenvalue weighted by Gasteiger charge is 2.29. The van der Waals surface area contributed by atoms with Crippen LogP contribution in [-0.2, 0) is 24.1 Å². The van der Waals surface area contributed by atoms with Crippen LogP contribution < -0.4 is 5.43 Å². The van der Waals surface area contributed by atoms with Crippen molar-refractivity contribution in [3.63, 3.8) is 0 Å². The van der Waals surface area contributed by atoms with Crippen LogP contribution in [-0.4, -0.2) is 27.6 Å². The molecule has 0 N–H and O–H groups in total. The Kier molecular flexibility index (Phi) is 5.48. The summed E-state index contributed by atoms with van der Waals surface area (Å²) in [5.41, 5.74) is 0.350. The molecule has 28 heavy (non-hydrogen) atoms. The van der Waals surface area contributed by atoms with Gasteiger partial charge in [-0.3, -0.25) is 14.3 Å². The van der Waals surface area contributed by atoms with E-state index in [1.807, 2.05) is 0 Å². The summed E-state index contributed by atoms with van der Waals surface area (Å²) in [7, 11) is 1.59. The zero-order valence-electron chi connectivity index (χ0n) is 15.1. The quantitative estimate of drug-likeness (QED) is 0.672. The monoisotopic (exact) mass is 389 g/mol. The summed E-state index contributed by atoms with van der Waals surface area (Å²) in [4.78, 5) is 25.7. The van der Waals surface area contributed by atoms with Crippen molar-refractivity contribution in [2.24, 2.45) is 0 Å². The number of carbonyl (C=O) groups excluding carboxylic acids is 1. The van der Waals surface area contributed by atoms with E-state index in [4.69, 9.17) is 0 Å². The van der Waals surface area contributed by atoms with Gasteiger partial charge < -0.3 is 4.90 Å². The third kappa shape index (κ3) is 4.39. The maximum Gasteiger partial charge on any atom is 0.416 e. The standard InChI is InChI=1S/C20H18F3N3O2/c1-25(13-14-6-8-15(9-7-14)20(21,22)23)19(28)10-11-26-17-5-3-2-4-16(17)18(27)12-24-26/h2-9,12H,10-11,13H2,1H3.